The normalized spacial score (nSPS) is 23.7. The molecule has 8 aromatic rings. The summed E-state index contributed by atoms with van der Waals surface area (Å²) in [6, 6.07) is 45.5. The monoisotopic (exact) mass is 1490 g/mol. The van der Waals surface area contributed by atoms with Crippen LogP contribution in [0.1, 0.15) is 188 Å². The third kappa shape index (κ3) is 11.6. The van der Waals surface area contributed by atoms with Crippen molar-refractivity contribution < 1.29 is 0 Å². The molecule has 12 unspecified atom stereocenters. The van der Waals surface area contributed by atoms with E-state index in [4.69, 9.17) is 20.0 Å². The van der Waals surface area contributed by atoms with E-state index in [-0.39, 0.29) is 71.5 Å². The Labute approximate surface area is 651 Å². The first-order chi connectivity index (χ1) is 51.4. The van der Waals surface area contributed by atoms with E-state index >= 15 is 0 Å². The molecule has 2 aliphatic heterocycles. The lowest BCUT2D eigenvalue weighted by Gasteiger charge is -2.65. The van der Waals surface area contributed by atoms with Gasteiger partial charge in [0.05, 0.1) is 46.4 Å². The van der Waals surface area contributed by atoms with Crippen molar-refractivity contribution in [3.8, 4) is 45.9 Å². The molecule has 2 heterocycles. The zero-order valence-electron chi connectivity index (χ0n) is 69.5. The Morgan fingerprint density at radius 3 is 0.574 bits per heavy atom. The SMILES string of the molecule is CC(C)[Si](C#Cc1c2c(c(C#C[Si](C(C)C)(C(C)C)C(C)C)c3cc4ccccc4cc13)=NC1C(N=2)C2C3C=c4ccccc4=CC3C1C1C3C=c4ccccc4=CC3C2C2N=c3c(C#C[Si](C(C)C)(C(C)C)C(C)C)c4cc5ccccc5cc4c(C#C[Si](C(C)C)(C(C)C)C(C)C)c3=NC21)(C(C)C)C(C)C. The van der Waals surface area contributed by atoms with Crippen LogP contribution in [-0.4, -0.2) is 56.5 Å². The van der Waals surface area contributed by atoms with Gasteiger partial charge in [-0.2, -0.15) is 0 Å². The molecule has 4 nitrogen and oxygen atoms in total. The van der Waals surface area contributed by atoms with Crippen molar-refractivity contribution in [2.24, 2.45) is 67.3 Å². The molecule has 10 aliphatic rings. The molecule has 0 N–H and O–H groups in total. The molecule has 0 saturated heterocycles. The molecule has 4 bridgehead atoms. The number of hydrogen-bond donors (Lipinski definition) is 0. The molecule has 6 fully saturated rings. The standard InChI is InChI=1S/C100H120N4Si4/c1-57(2)105(58(3)4,59(5)6)45-41-77-81-49-69-33-25-26-34-70(69)50-82(81)78(42-46-106(60(7)8,61(9)10)62(11)12)94-93(77)101-97-89-85-53-73-37-29-30-38-74(73)54-86(85)91(98(97)102-94)92-88-56-76-40-32-31-39-75(76)55-87(88)90(89)99-100(92)104-96-80(44-48-108(66(19)20,67(21)22)68(23)24)84-52-72-36-28-27-35-71(72)51-83(84)79(95(96)103-99)43-47-107(63(13)14,64(15)16)65(17)18/h25-40,49-68,85-92,97-100H,1-24H3. The minimum atomic E-state index is -2.33. The van der Waals surface area contributed by atoms with Gasteiger partial charge in [0.1, 0.15) is 53.7 Å². The maximum Gasteiger partial charge on any atom is 0.146 e. The van der Waals surface area contributed by atoms with Gasteiger partial charge in [-0.1, -0.05) is 311 Å². The van der Waals surface area contributed by atoms with Gasteiger partial charge in [0.25, 0.3) is 0 Å². The van der Waals surface area contributed by atoms with E-state index in [2.05, 4.69) is 358 Å². The molecule has 0 spiro atoms. The Morgan fingerprint density at radius 1 is 0.241 bits per heavy atom. The molecule has 8 aliphatic carbocycles. The zero-order chi connectivity index (χ0) is 76.9. The zero-order valence-corrected chi connectivity index (χ0v) is 73.5. The van der Waals surface area contributed by atoms with Crippen LogP contribution >= 0.6 is 0 Å². The molecular weight excluding hydrogens is 1370 g/mol. The highest BCUT2D eigenvalue weighted by Crippen LogP contribution is 2.64. The van der Waals surface area contributed by atoms with Crippen molar-refractivity contribution in [2.75, 3.05) is 0 Å². The van der Waals surface area contributed by atoms with E-state index in [9.17, 15) is 0 Å². The Bertz CT molecular complexity index is 5020. The summed E-state index contributed by atoms with van der Waals surface area (Å²) in [4.78, 5) is 27.0. The smallest absolute Gasteiger partial charge is 0.146 e. The van der Waals surface area contributed by atoms with Gasteiger partial charge in [-0.25, -0.2) is 0 Å². The topological polar surface area (TPSA) is 49.4 Å². The Hall–Kier alpha value is -7.41. The summed E-state index contributed by atoms with van der Waals surface area (Å²) >= 11 is 0. The quantitative estimate of drug-likeness (QED) is 0.0665. The minimum Gasteiger partial charge on any atom is -0.276 e. The van der Waals surface area contributed by atoms with Crippen molar-refractivity contribution in [3.63, 3.8) is 0 Å². The molecule has 6 saturated carbocycles. The van der Waals surface area contributed by atoms with E-state index in [0.717, 1.165) is 65.2 Å². The van der Waals surface area contributed by atoms with Crippen LogP contribution in [0.15, 0.2) is 141 Å². The number of benzene rings is 8. The Morgan fingerprint density at radius 2 is 0.407 bits per heavy atom. The highest BCUT2D eigenvalue weighted by Gasteiger charge is 2.67. The predicted octanol–water partition coefficient (Wildman–Crippen LogP) is 19.8. The van der Waals surface area contributed by atoms with E-state index in [0.29, 0.717) is 66.5 Å². The van der Waals surface area contributed by atoms with Crippen LogP contribution in [0, 0.1) is 93.2 Å². The van der Waals surface area contributed by atoms with Crippen molar-refractivity contribution in [3.05, 3.63) is 186 Å². The van der Waals surface area contributed by atoms with Gasteiger partial charge >= 0.3 is 0 Å². The molecule has 12 atom stereocenters. The van der Waals surface area contributed by atoms with Crippen LogP contribution in [0.5, 0.6) is 0 Å². The maximum absolute atomic E-state index is 6.75. The van der Waals surface area contributed by atoms with E-state index < -0.39 is 32.3 Å². The Balaban J connectivity index is 1.14. The van der Waals surface area contributed by atoms with Crippen molar-refractivity contribution in [1.29, 1.82) is 0 Å². The number of hydrogen-bond acceptors (Lipinski definition) is 4. The lowest BCUT2D eigenvalue weighted by atomic mass is 9.41. The van der Waals surface area contributed by atoms with Crippen LogP contribution < -0.4 is 42.3 Å². The van der Waals surface area contributed by atoms with E-state index in [1.54, 1.807) is 0 Å². The number of nitrogens with zero attached hydrogens (tertiary/aromatic N) is 4. The van der Waals surface area contributed by atoms with Crippen molar-refractivity contribution >= 4 is 99.7 Å². The first kappa shape index (κ1) is 76.0. The van der Waals surface area contributed by atoms with Gasteiger partial charge < -0.3 is 0 Å². The molecule has 8 aromatic carbocycles. The highest BCUT2D eigenvalue weighted by atomic mass is 28.3. The van der Waals surface area contributed by atoms with Crippen molar-refractivity contribution in [2.45, 2.75) is 257 Å². The second-order valence-corrected chi connectivity index (χ2v) is 60.3. The van der Waals surface area contributed by atoms with Crippen molar-refractivity contribution in [1.82, 2.24) is 0 Å². The molecule has 18 rings (SSSR count). The van der Waals surface area contributed by atoms with Gasteiger partial charge in [0.15, 0.2) is 0 Å². The van der Waals surface area contributed by atoms with Crippen LogP contribution in [0.4, 0.5) is 0 Å². The van der Waals surface area contributed by atoms with Gasteiger partial charge in [-0.15, -0.1) is 22.2 Å². The summed E-state index contributed by atoms with van der Waals surface area (Å²) in [5, 5.41) is 18.6. The Kier molecular flexibility index (Phi) is 20.0. The van der Waals surface area contributed by atoms with Gasteiger partial charge in [-0.3, -0.25) is 20.0 Å². The third-order valence-corrected chi connectivity index (χ3v) is 54.9. The summed E-state index contributed by atoms with van der Waals surface area (Å²) in [6.07, 6.45) is 10.9. The highest BCUT2D eigenvalue weighted by molar-refractivity contribution is 6.92. The fraction of sp³-hybridized carbons (Fsp3) is 0.480. The minimum absolute atomic E-state index is 0.00813. The summed E-state index contributed by atoms with van der Waals surface area (Å²) in [6.45, 7) is 58.9. The molecule has 0 aromatic heterocycles. The molecule has 8 heteroatoms. The second-order valence-electron chi connectivity index (χ2n) is 38.0. The van der Waals surface area contributed by atoms with Crippen LogP contribution in [0.3, 0.4) is 0 Å². The number of rotatable bonds is 12. The van der Waals surface area contributed by atoms with Gasteiger partial charge in [0.2, 0.25) is 0 Å². The lowest BCUT2D eigenvalue weighted by molar-refractivity contribution is -0.0791. The molecule has 108 heavy (non-hydrogen) atoms. The first-order valence-corrected chi connectivity index (χ1v) is 50.9. The fourth-order valence-corrected chi connectivity index (χ4v) is 45.9. The first-order valence-electron chi connectivity index (χ1n) is 42.0. The summed E-state index contributed by atoms with van der Waals surface area (Å²) in [5.41, 5.74) is 26.9. The van der Waals surface area contributed by atoms with Gasteiger partial charge in [-0.05, 0) is 181 Å². The fourth-order valence-electron chi connectivity index (χ4n) is 25.1. The number of fused-ring (bicyclic) bond motifs is 8. The largest absolute Gasteiger partial charge is 0.276 e. The predicted molar refractivity (Wildman–Crippen MR) is 472 cm³/mol. The van der Waals surface area contributed by atoms with E-state index in [1.807, 2.05) is 0 Å². The summed E-state index contributed by atoms with van der Waals surface area (Å²) in [7, 11) is -9.32. The molecule has 0 radical (unpaired) electrons. The lowest BCUT2D eigenvalue weighted by Crippen LogP contribution is -2.71. The molecular formula is C100H120N4Si4. The van der Waals surface area contributed by atoms with Gasteiger partial charge in [0, 0.05) is 21.5 Å². The molecule has 556 valence electrons. The van der Waals surface area contributed by atoms with Crippen LogP contribution in [-0.2, 0) is 0 Å². The van der Waals surface area contributed by atoms with E-state index in [1.165, 1.54) is 42.4 Å². The third-order valence-electron chi connectivity index (χ3n) is 29.8. The average molecular weight is 1490 g/mol. The summed E-state index contributed by atoms with van der Waals surface area (Å²) < 4.78 is 0. The second kappa shape index (κ2) is 28.4. The molecule has 0 amide bonds. The average Bonchev–Trinajstić information content (AvgIpc) is 0.672. The van der Waals surface area contributed by atoms with Crippen LogP contribution in [0.25, 0.3) is 67.4 Å². The summed E-state index contributed by atoms with van der Waals surface area (Å²) in [5.74, 6) is 17.6. The maximum atomic E-state index is 6.75. The van der Waals surface area contributed by atoms with Crippen LogP contribution in [0.2, 0.25) is 66.5 Å².